The van der Waals surface area contributed by atoms with E-state index in [1.807, 2.05) is 0 Å². The molecule has 0 aliphatic heterocycles. The fraction of sp³-hybridized carbons (Fsp3) is 0.364. The fourth-order valence-electron chi connectivity index (χ4n) is 3.55. The molecule has 1 saturated carbocycles. The smallest absolute Gasteiger partial charge is 0.338 e. The van der Waals surface area contributed by atoms with Crippen LogP contribution >= 0.6 is 0 Å². The summed E-state index contributed by atoms with van der Waals surface area (Å²) in [6, 6.07) is 12.4. The Morgan fingerprint density at radius 3 is 1.50 bits per heavy atom. The van der Waals surface area contributed by atoms with E-state index in [1.165, 1.54) is 0 Å². The minimum atomic E-state index is -0.908. The van der Waals surface area contributed by atoms with Gasteiger partial charge >= 0.3 is 12.1 Å². The summed E-state index contributed by atoms with van der Waals surface area (Å²) in [5, 5.41) is 19.7. The number of hydrogen-bond acceptors (Lipinski definition) is 6. The van der Waals surface area contributed by atoms with Crippen molar-refractivity contribution in [3.8, 4) is 11.5 Å². The van der Waals surface area contributed by atoms with Gasteiger partial charge < -0.3 is 20.9 Å². The molecule has 2 atom stereocenters. The SMILES string of the molecule is NC(=O)N(O)Cc1ccc(O[C@@H]2CCC[C@H](Oc3ccc(CN(O)C(N)=O)cc3)C2)cc1. The van der Waals surface area contributed by atoms with Crippen LogP contribution in [0.5, 0.6) is 11.5 Å². The molecule has 4 amide bonds. The highest BCUT2D eigenvalue weighted by atomic mass is 16.5. The number of nitrogens with zero attached hydrogens (tertiary/aromatic N) is 2. The number of hydrogen-bond donors (Lipinski definition) is 4. The molecule has 0 bridgehead atoms. The van der Waals surface area contributed by atoms with Crippen molar-refractivity contribution in [2.24, 2.45) is 11.5 Å². The van der Waals surface area contributed by atoms with E-state index < -0.39 is 12.1 Å². The Hall–Kier alpha value is -3.50. The highest BCUT2D eigenvalue weighted by Crippen LogP contribution is 2.27. The number of urea groups is 2. The molecule has 0 saturated heterocycles. The second-order valence-electron chi connectivity index (χ2n) is 7.73. The van der Waals surface area contributed by atoms with Crippen LogP contribution < -0.4 is 20.9 Å². The Morgan fingerprint density at radius 1 is 0.781 bits per heavy atom. The molecule has 1 aliphatic carbocycles. The van der Waals surface area contributed by atoms with Crippen molar-refractivity contribution in [1.29, 1.82) is 0 Å². The summed E-state index contributed by atoms with van der Waals surface area (Å²) in [6.07, 6.45) is 3.58. The quantitative estimate of drug-likeness (QED) is 0.363. The summed E-state index contributed by atoms with van der Waals surface area (Å²) in [6.45, 7) is 0.0131. The second-order valence-corrected chi connectivity index (χ2v) is 7.73. The van der Waals surface area contributed by atoms with Gasteiger partial charge in [-0.25, -0.2) is 19.7 Å². The van der Waals surface area contributed by atoms with Crippen molar-refractivity contribution >= 4 is 12.1 Å². The summed E-state index contributed by atoms with van der Waals surface area (Å²) < 4.78 is 12.2. The first-order chi connectivity index (χ1) is 15.3. The predicted octanol–water partition coefficient (Wildman–Crippen LogP) is 3.00. The van der Waals surface area contributed by atoms with Gasteiger partial charge in [0.15, 0.2) is 0 Å². The zero-order valence-electron chi connectivity index (χ0n) is 17.6. The standard InChI is InChI=1S/C22H28N4O6/c23-21(27)25(29)13-15-4-8-17(9-5-15)31-19-2-1-3-20(12-19)32-18-10-6-16(7-11-18)14-26(30)22(24)28/h4-11,19-20,29-30H,1-3,12-14H2,(H2,23,27)(H2,24,28)/t19-,20+. The zero-order valence-corrected chi connectivity index (χ0v) is 17.6. The molecular weight excluding hydrogens is 416 g/mol. The maximum absolute atomic E-state index is 10.9. The largest absolute Gasteiger partial charge is 0.490 e. The number of hydroxylamine groups is 4. The lowest BCUT2D eigenvalue weighted by Gasteiger charge is -2.30. The van der Waals surface area contributed by atoms with E-state index in [0.717, 1.165) is 36.8 Å². The number of benzene rings is 2. The number of amides is 4. The molecule has 172 valence electrons. The maximum atomic E-state index is 10.9. The molecule has 0 radical (unpaired) electrons. The number of carbonyl (C=O) groups is 2. The van der Waals surface area contributed by atoms with Crippen LogP contribution in [0.3, 0.4) is 0 Å². The molecular formula is C22H28N4O6. The molecule has 2 aromatic carbocycles. The summed E-state index contributed by atoms with van der Waals surface area (Å²) >= 11 is 0. The Balaban J connectivity index is 1.50. The van der Waals surface area contributed by atoms with Crippen molar-refractivity contribution in [3.05, 3.63) is 59.7 Å². The first-order valence-corrected chi connectivity index (χ1v) is 10.3. The van der Waals surface area contributed by atoms with Gasteiger partial charge in [0.2, 0.25) is 0 Å². The molecule has 1 aliphatic rings. The minimum Gasteiger partial charge on any atom is -0.490 e. The number of carbonyl (C=O) groups excluding carboxylic acids is 2. The third-order valence-corrected chi connectivity index (χ3v) is 5.20. The van der Waals surface area contributed by atoms with E-state index in [0.29, 0.717) is 21.6 Å². The Bertz CT molecular complexity index is 832. The average molecular weight is 444 g/mol. The Labute approximate surface area is 185 Å². The lowest BCUT2D eigenvalue weighted by Crippen LogP contribution is -2.32. The van der Waals surface area contributed by atoms with Crippen LogP contribution in [0.4, 0.5) is 9.59 Å². The highest BCUT2D eigenvalue weighted by molar-refractivity contribution is 5.70. The van der Waals surface area contributed by atoms with E-state index >= 15 is 0 Å². The van der Waals surface area contributed by atoms with Gasteiger partial charge in [-0.15, -0.1) is 0 Å². The van der Waals surface area contributed by atoms with E-state index in [4.69, 9.17) is 20.9 Å². The van der Waals surface area contributed by atoms with Gasteiger partial charge in [-0.2, -0.15) is 0 Å². The van der Waals surface area contributed by atoms with Crippen LogP contribution in [-0.4, -0.2) is 44.8 Å². The maximum Gasteiger partial charge on any atom is 0.338 e. The topological polar surface area (TPSA) is 152 Å². The summed E-state index contributed by atoms with van der Waals surface area (Å²) in [5.74, 6) is 1.41. The van der Waals surface area contributed by atoms with E-state index in [1.54, 1.807) is 48.5 Å². The Kier molecular flexibility index (Phi) is 7.74. The molecule has 32 heavy (non-hydrogen) atoms. The molecule has 0 heterocycles. The predicted molar refractivity (Wildman–Crippen MR) is 114 cm³/mol. The van der Waals surface area contributed by atoms with Gasteiger partial charge in [-0.3, -0.25) is 10.4 Å². The normalized spacial score (nSPS) is 17.9. The summed E-state index contributed by atoms with van der Waals surface area (Å²) in [5.41, 5.74) is 11.5. The molecule has 0 spiro atoms. The van der Waals surface area contributed by atoms with Gasteiger partial charge in [0.05, 0.1) is 13.1 Å². The minimum absolute atomic E-state index is 0.00656. The van der Waals surface area contributed by atoms with Crippen LogP contribution in [0, 0.1) is 0 Å². The van der Waals surface area contributed by atoms with Crippen LogP contribution in [-0.2, 0) is 13.1 Å². The number of ether oxygens (including phenoxy) is 2. The van der Waals surface area contributed by atoms with Crippen molar-refractivity contribution in [3.63, 3.8) is 0 Å². The van der Waals surface area contributed by atoms with Crippen molar-refractivity contribution < 1.29 is 29.5 Å². The first kappa shape index (κ1) is 23.2. The molecule has 0 aromatic heterocycles. The lowest BCUT2D eigenvalue weighted by atomic mass is 9.94. The molecule has 10 nitrogen and oxygen atoms in total. The Morgan fingerprint density at radius 2 is 1.16 bits per heavy atom. The summed E-state index contributed by atoms with van der Waals surface area (Å²) in [7, 11) is 0. The van der Waals surface area contributed by atoms with Gasteiger partial charge in [0.25, 0.3) is 0 Å². The first-order valence-electron chi connectivity index (χ1n) is 10.3. The van der Waals surface area contributed by atoms with Crippen LogP contribution in [0.2, 0.25) is 0 Å². The zero-order chi connectivity index (χ0) is 23.1. The fourth-order valence-corrected chi connectivity index (χ4v) is 3.55. The van der Waals surface area contributed by atoms with Gasteiger partial charge in [0, 0.05) is 6.42 Å². The van der Waals surface area contributed by atoms with Crippen molar-refractivity contribution in [1.82, 2.24) is 10.1 Å². The molecule has 3 rings (SSSR count). The highest BCUT2D eigenvalue weighted by Gasteiger charge is 2.25. The molecule has 0 unspecified atom stereocenters. The molecule has 10 heteroatoms. The van der Waals surface area contributed by atoms with Crippen LogP contribution in [0.25, 0.3) is 0 Å². The van der Waals surface area contributed by atoms with E-state index in [-0.39, 0.29) is 25.3 Å². The van der Waals surface area contributed by atoms with Gasteiger partial charge in [0.1, 0.15) is 23.7 Å². The van der Waals surface area contributed by atoms with E-state index in [9.17, 15) is 20.0 Å². The third kappa shape index (κ3) is 6.76. The molecule has 2 aromatic rings. The van der Waals surface area contributed by atoms with Crippen molar-refractivity contribution in [2.75, 3.05) is 0 Å². The molecule has 1 fully saturated rings. The molecule has 6 N–H and O–H groups in total. The second kappa shape index (κ2) is 10.7. The number of rotatable bonds is 8. The average Bonchev–Trinajstić information content (AvgIpc) is 2.76. The monoisotopic (exact) mass is 444 g/mol. The van der Waals surface area contributed by atoms with Crippen LogP contribution in [0.1, 0.15) is 36.8 Å². The van der Waals surface area contributed by atoms with Crippen molar-refractivity contribution in [2.45, 2.75) is 51.0 Å². The van der Waals surface area contributed by atoms with E-state index in [2.05, 4.69) is 0 Å². The van der Waals surface area contributed by atoms with Gasteiger partial charge in [-0.1, -0.05) is 24.3 Å². The number of nitrogens with two attached hydrogens (primary N) is 2. The van der Waals surface area contributed by atoms with Gasteiger partial charge in [-0.05, 0) is 54.7 Å². The summed E-state index contributed by atoms with van der Waals surface area (Å²) in [4.78, 5) is 21.8. The van der Waals surface area contributed by atoms with Crippen LogP contribution in [0.15, 0.2) is 48.5 Å². The lowest BCUT2D eigenvalue weighted by molar-refractivity contribution is -0.0470. The third-order valence-electron chi connectivity index (χ3n) is 5.20. The number of primary amides is 2.